The van der Waals surface area contributed by atoms with Crippen LogP contribution in [0, 0.1) is 0 Å². The average molecular weight is 415 g/mol. The highest BCUT2D eigenvalue weighted by atomic mass is 28.3. The molecule has 4 aromatic carbocycles. The lowest BCUT2D eigenvalue weighted by Gasteiger charge is -2.38. The summed E-state index contributed by atoms with van der Waals surface area (Å²) < 4.78 is 0. The van der Waals surface area contributed by atoms with E-state index < -0.39 is 8.07 Å². The number of benzene rings is 4. The quantitative estimate of drug-likeness (QED) is 0.298. The Bertz CT molecular complexity index is 1280. The molecule has 1 heteroatoms. The predicted octanol–water partition coefficient (Wildman–Crippen LogP) is 7.50. The van der Waals surface area contributed by atoms with Crippen molar-refractivity contribution in [1.82, 2.24) is 0 Å². The van der Waals surface area contributed by atoms with Crippen molar-refractivity contribution in [2.45, 2.75) is 37.0 Å². The molecule has 7 rings (SSSR count). The Morgan fingerprint density at radius 2 is 0.935 bits per heavy atom. The zero-order valence-electron chi connectivity index (χ0n) is 18.2. The van der Waals surface area contributed by atoms with Crippen molar-refractivity contribution < 1.29 is 0 Å². The monoisotopic (exact) mass is 414 g/mol. The van der Waals surface area contributed by atoms with Gasteiger partial charge >= 0.3 is 0 Å². The lowest BCUT2D eigenvalue weighted by molar-refractivity contribution is 0.943. The first kappa shape index (κ1) is 17.7. The van der Waals surface area contributed by atoms with Gasteiger partial charge in [0.25, 0.3) is 0 Å². The summed E-state index contributed by atoms with van der Waals surface area (Å²) in [6, 6.07) is 32.6. The van der Waals surface area contributed by atoms with E-state index >= 15 is 0 Å². The van der Waals surface area contributed by atoms with Gasteiger partial charge in [0.2, 0.25) is 0 Å². The van der Waals surface area contributed by atoms with Crippen molar-refractivity contribution in [1.29, 1.82) is 0 Å². The number of aryl methyl sites for hydroxylation is 2. The van der Waals surface area contributed by atoms with Gasteiger partial charge in [0.15, 0.2) is 0 Å². The molecule has 0 saturated heterocycles. The fourth-order valence-corrected chi connectivity index (χ4v) is 11.6. The predicted molar refractivity (Wildman–Crippen MR) is 132 cm³/mol. The largest absolute Gasteiger partial charge is 0.0731 e. The first-order valence-corrected chi connectivity index (χ1v) is 14.7. The molecule has 31 heavy (non-hydrogen) atoms. The molecular weight excluding hydrogens is 388 g/mol. The van der Waals surface area contributed by atoms with Crippen LogP contribution in [0.1, 0.15) is 44.5 Å². The molecule has 4 aromatic rings. The van der Waals surface area contributed by atoms with Crippen LogP contribution in [0.5, 0.6) is 0 Å². The second-order valence-corrected chi connectivity index (χ2v) is 14.9. The molecule has 0 aliphatic heterocycles. The number of hydrogen-bond donors (Lipinski definition) is 0. The lowest BCUT2D eigenvalue weighted by atomic mass is 9.86. The molecule has 0 heterocycles. The Morgan fingerprint density at radius 3 is 1.45 bits per heavy atom. The second kappa shape index (κ2) is 6.08. The number of hydrogen-bond acceptors (Lipinski definition) is 0. The second-order valence-electron chi connectivity index (χ2n) is 10.1. The third kappa shape index (κ3) is 2.20. The van der Waals surface area contributed by atoms with Gasteiger partial charge in [-0.1, -0.05) is 98.0 Å². The SMILES string of the molecule is C[Si](C)(C1c2ccccc2-c2ccccc21)C1c2cccc3c2-c2c(cccc21)CC3. The summed E-state index contributed by atoms with van der Waals surface area (Å²) in [6.45, 7) is 5.30. The molecule has 0 fully saturated rings. The van der Waals surface area contributed by atoms with E-state index in [0.717, 1.165) is 0 Å². The summed E-state index contributed by atoms with van der Waals surface area (Å²) in [5.41, 5.74) is 16.6. The van der Waals surface area contributed by atoms with Crippen molar-refractivity contribution in [2.24, 2.45) is 0 Å². The van der Waals surface area contributed by atoms with E-state index in [1.807, 2.05) is 0 Å². The molecule has 0 atom stereocenters. The summed E-state index contributed by atoms with van der Waals surface area (Å²) in [5.74, 6) is 0. The zero-order chi connectivity index (χ0) is 20.7. The third-order valence-electron chi connectivity index (χ3n) is 8.22. The maximum absolute atomic E-state index is 2.65. The molecule has 0 aromatic heterocycles. The van der Waals surface area contributed by atoms with Crippen molar-refractivity contribution >= 4 is 8.07 Å². The smallest absolute Gasteiger partial charge is 0.0679 e. The molecule has 0 N–H and O–H groups in total. The van der Waals surface area contributed by atoms with E-state index in [4.69, 9.17) is 0 Å². The Balaban J connectivity index is 1.50. The van der Waals surface area contributed by atoms with Gasteiger partial charge in [-0.25, -0.2) is 0 Å². The minimum Gasteiger partial charge on any atom is -0.0679 e. The molecule has 0 saturated carbocycles. The topological polar surface area (TPSA) is 0 Å². The van der Waals surface area contributed by atoms with Crippen LogP contribution < -0.4 is 0 Å². The Morgan fingerprint density at radius 1 is 0.516 bits per heavy atom. The standard InChI is InChI=1S/C30H26Si/c1-31(2,29-23-13-5-3-11-21(23)22-12-4-6-14-24(22)29)30-25-15-7-9-19-17-18-20-10-8-16-26(30)28(20)27(19)25/h3-16,29-30H,17-18H2,1-2H3. The number of rotatable bonds is 2. The average Bonchev–Trinajstić information content (AvgIpc) is 3.33. The summed E-state index contributed by atoms with van der Waals surface area (Å²) in [5, 5.41) is 0. The van der Waals surface area contributed by atoms with Crippen molar-refractivity contribution in [2.75, 3.05) is 0 Å². The van der Waals surface area contributed by atoms with Gasteiger partial charge in [-0.2, -0.15) is 0 Å². The highest BCUT2D eigenvalue weighted by Crippen LogP contribution is 2.59. The molecule has 0 bridgehead atoms. The summed E-state index contributed by atoms with van der Waals surface area (Å²) in [7, 11) is -1.86. The minimum absolute atomic E-state index is 0.525. The maximum atomic E-state index is 2.65. The van der Waals surface area contributed by atoms with Crippen LogP contribution >= 0.6 is 0 Å². The van der Waals surface area contributed by atoms with Gasteiger partial charge in [0.1, 0.15) is 0 Å². The van der Waals surface area contributed by atoms with Crippen LogP contribution in [0.15, 0.2) is 84.9 Å². The Hall–Kier alpha value is -2.90. The highest BCUT2D eigenvalue weighted by Gasteiger charge is 2.50. The molecule has 0 unspecified atom stereocenters. The summed E-state index contributed by atoms with van der Waals surface area (Å²) >= 11 is 0. The van der Waals surface area contributed by atoms with Crippen LogP contribution in [0.2, 0.25) is 13.1 Å². The first-order chi connectivity index (χ1) is 15.2. The van der Waals surface area contributed by atoms with Gasteiger partial charge < -0.3 is 0 Å². The van der Waals surface area contributed by atoms with E-state index in [1.54, 1.807) is 44.5 Å². The van der Waals surface area contributed by atoms with Gasteiger partial charge in [0.05, 0.1) is 8.07 Å². The van der Waals surface area contributed by atoms with E-state index in [1.165, 1.54) is 24.0 Å². The highest BCUT2D eigenvalue weighted by molar-refractivity contribution is 6.82. The fourth-order valence-electron chi connectivity index (χ4n) is 7.11. The Kier molecular flexibility index (Phi) is 3.48. The molecule has 0 amide bonds. The van der Waals surface area contributed by atoms with Crippen LogP contribution in [0.25, 0.3) is 22.3 Å². The molecule has 0 nitrogen and oxygen atoms in total. The van der Waals surface area contributed by atoms with E-state index in [0.29, 0.717) is 11.1 Å². The van der Waals surface area contributed by atoms with Crippen molar-refractivity contribution in [3.05, 3.63) is 118 Å². The maximum Gasteiger partial charge on any atom is 0.0731 e. The van der Waals surface area contributed by atoms with Gasteiger partial charge in [0, 0.05) is 11.1 Å². The summed E-state index contributed by atoms with van der Waals surface area (Å²) in [6.07, 6.45) is 2.37. The van der Waals surface area contributed by atoms with Gasteiger partial charge in [-0.3, -0.25) is 0 Å². The fraction of sp³-hybridized carbons (Fsp3) is 0.200. The van der Waals surface area contributed by atoms with Gasteiger partial charge in [-0.05, 0) is 68.5 Å². The molecule has 3 aliphatic rings. The lowest BCUT2D eigenvalue weighted by Crippen LogP contribution is -2.42. The molecule has 3 aliphatic carbocycles. The van der Waals surface area contributed by atoms with Crippen LogP contribution in [0.4, 0.5) is 0 Å². The van der Waals surface area contributed by atoms with Crippen LogP contribution in [-0.4, -0.2) is 8.07 Å². The van der Waals surface area contributed by atoms with E-state index in [-0.39, 0.29) is 0 Å². The first-order valence-electron chi connectivity index (χ1n) is 11.6. The zero-order valence-corrected chi connectivity index (χ0v) is 19.2. The number of fused-ring (bicyclic) bond motifs is 3. The molecule has 150 valence electrons. The molecule has 0 radical (unpaired) electrons. The van der Waals surface area contributed by atoms with Gasteiger partial charge in [-0.15, -0.1) is 0 Å². The molecular formula is C30H26Si. The van der Waals surface area contributed by atoms with E-state index in [2.05, 4.69) is 98.0 Å². The summed E-state index contributed by atoms with van der Waals surface area (Å²) in [4.78, 5) is 0. The van der Waals surface area contributed by atoms with Crippen molar-refractivity contribution in [3.63, 3.8) is 0 Å². The Labute approximate surface area is 185 Å². The molecule has 0 spiro atoms. The third-order valence-corrected chi connectivity index (χ3v) is 12.4. The van der Waals surface area contributed by atoms with Crippen LogP contribution in [0.3, 0.4) is 0 Å². The minimum atomic E-state index is -1.86. The van der Waals surface area contributed by atoms with E-state index in [9.17, 15) is 0 Å². The normalized spacial score (nSPS) is 16.2. The van der Waals surface area contributed by atoms with Crippen molar-refractivity contribution in [3.8, 4) is 22.3 Å². The van der Waals surface area contributed by atoms with Crippen LogP contribution in [-0.2, 0) is 12.8 Å².